The van der Waals surface area contributed by atoms with Crippen molar-refractivity contribution in [3.63, 3.8) is 0 Å². The molecule has 0 aliphatic carbocycles. The van der Waals surface area contributed by atoms with Crippen LogP contribution in [-0.2, 0) is 28.6 Å². The lowest BCUT2D eigenvalue weighted by Gasteiger charge is -2.18. The second-order valence-corrected chi connectivity index (χ2v) is 21.0. The highest BCUT2D eigenvalue weighted by molar-refractivity contribution is 5.71. The van der Waals surface area contributed by atoms with Gasteiger partial charge in [-0.2, -0.15) is 0 Å². The highest BCUT2D eigenvalue weighted by atomic mass is 16.6. The van der Waals surface area contributed by atoms with Gasteiger partial charge in [-0.1, -0.05) is 296 Å². The molecule has 402 valence electrons. The van der Waals surface area contributed by atoms with Crippen LogP contribution in [0.4, 0.5) is 0 Å². The molecule has 0 saturated heterocycles. The van der Waals surface area contributed by atoms with E-state index in [4.69, 9.17) is 14.2 Å². The van der Waals surface area contributed by atoms with Crippen molar-refractivity contribution < 1.29 is 28.6 Å². The maximum atomic E-state index is 12.8. The predicted molar refractivity (Wildman–Crippen MR) is 293 cm³/mol. The monoisotopic (exact) mass is 959 g/mol. The molecule has 6 heteroatoms. The molecule has 0 aliphatic heterocycles. The lowest BCUT2D eigenvalue weighted by Crippen LogP contribution is -2.30. The van der Waals surface area contributed by atoms with Crippen LogP contribution in [0, 0.1) is 0 Å². The molecule has 0 fully saturated rings. The SMILES string of the molecule is CCCCCCC/C=C\CCCCCCCC(=O)OC(COC(=O)CCCCCCCCCC)COC(=O)CCCCCCCCCCCCCCCCCCCCCCCCCCCCCC. The van der Waals surface area contributed by atoms with Gasteiger partial charge in [-0.05, 0) is 44.9 Å². The molecule has 6 nitrogen and oxygen atoms in total. The zero-order valence-corrected chi connectivity index (χ0v) is 46.2. The van der Waals surface area contributed by atoms with E-state index in [2.05, 4.69) is 32.9 Å². The Bertz CT molecular complexity index is 1060. The van der Waals surface area contributed by atoms with E-state index in [1.54, 1.807) is 0 Å². The van der Waals surface area contributed by atoms with Crippen molar-refractivity contribution in [3.05, 3.63) is 12.2 Å². The third-order valence-corrected chi connectivity index (χ3v) is 14.0. The summed E-state index contributed by atoms with van der Waals surface area (Å²) in [5, 5.41) is 0. The van der Waals surface area contributed by atoms with Gasteiger partial charge in [0, 0.05) is 19.3 Å². The minimum absolute atomic E-state index is 0.0680. The predicted octanol–water partition coefficient (Wildman–Crippen LogP) is 20.5. The Balaban J connectivity index is 4.03. The number of rotatable bonds is 57. The van der Waals surface area contributed by atoms with Crippen molar-refractivity contribution in [2.24, 2.45) is 0 Å². The van der Waals surface area contributed by atoms with Crippen molar-refractivity contribution in [1.82, 2.24) is 0 Å². The minimum Gasteiger partial charge on any atom is -0.462 e. The van der Waals surface area contributed by atoms with Gasteiger partial charge in [0.15, 0.2) is 6.10 Å². The molecule has 68 heavy (non-hydrogen) atoms. The molecule has 0 heterocycles. The fourth-order valence-electron chi connectivity index (χ4n) is 9.38. The van der Waals surface area contributed by atoms with E-state index in [0.29, 0.717) is 19.3 Å². The molecule has 0 N–H and O–H groups in total. The summed E-state index contributed by atoms with van der Waals surface area (Å²) in [6, 6.07) is 0. The molecule has 0 aliphatic rings. The Hall–Kier alpha value is -1.85. The third-order valence-electron chi connectivity index (χ3n) is 14.0. The van der Waals surface area contributed by atoms with Gasteiger partial charge in [0.2, 0.25) is 0 Å². The van der Waals surface area contributed by atoms with Gasteiger partial charge in [0.1, 0.15) is 13.2 Å². The van der Waals surface area contributed by atoms with E-state index in [9.17, 15) is 14.4 Å². The van der Waals surface area contributed by atoms with Crippen molar-refractivity contribution in [3.8, 4) is 0 Å². The zero-order valence-electron chi connectivity index (χ0n) is 46.2. The van der Waals surface area contributed by atoms with Gasteiger partial charge in [0.25, 0.3) is 0 Å². The summed E-state index contributed by atoms with van der Waals surface area (Å²) >= 11 is 0. The van der Waals surface area contributed by atoms with Crippen LogP contribution in [0.2, 0.25) is 0 Å². The van der Waals surface area contributed by atoms with Gasteiger partial charge in [0.05, 0.1) is 0 Å². The maximum absolute atomic E-state index is 12.8. The van der Waals surface area contributed by atoms with E-state index in [0.717, 1.165) is 64.2 Å². The number of carbonyl (C=O) groups is 3. The molecule has 1 unspecified atom stereocenters. The fraction of sp³-hybridized carbons (Fsp3) is 0.919. The van der Waals surface area contributed by atoms with E-state index < -0.39 is 6.10 Å². The molecule has 1 atom stereocenters. The summed E-state index contributed by atoms with van der Waals surface area (Å²) in [5.74, 6) is -0.859. The first-order chi connectivity index (χ1) is 33.5. The van der Waals surface area contributed by atoms with Crippen LogP contribution >= 0.6 is 0 Å². The summed E-state index contributed by atoms with van der Waals surface area (Å²) in [4.78, 5) is 38.0. The first kappa shape index (κ1) is 66.2. The van der Waals surface area contributed by atoms with Gasteiger partial charge in [-0.25, -0.2) is 0 Å². The molecular formula is C62H118O6. The number of hydrogen-bond acceptors (Lipinski definition) is 6. The number of carbonyl (C=O) groups excluding carboxylic acids is 3. The summed E-state index contributed by atoms with van der Waals surface area (Å²) in [6.45, 7) is 6.65. The van der Waals surface area contributed by atoms with Crippen molar-refractivity contribution in [2.75, 3.05) is 13.2 Å². The molecule has 0 rings (SSSR count). The van der Waals surface area contributed by atoms with Crippen LogP contribution in [-0.4, -0.2) is 37.2 Å². The van der Waals surface area contributed by atoms with Crippen LogP contribution < -0.4 is 0 Å². The van der Waals surface area contributed by atoms with Gasteiger partial charge in [-0.15, -0.1) is 0 Å². The molecule has 0 aromatic heterocycles. The van der Waals surface area contributed by atoms with Crippen molar-refractivity contribution in [2.45, 2.75) is 354 Å². The molecule has 0 radical (unpaired) electrons. The third kappa shape index (κ3) is 55.1. The maximum Gasteiger partial charge on any atom is 0.306 e. The van der Waals surface area contributed by atoms with Crippen LogP contribution in [0.3, 0.4) is 0 Å². The molecule has 0 saturated carbocycles. The Morgan fingerprint density at radius 3 is 0.735 bits per heavy atom. The molecule has 0 aromatic carbocycles. The van der Waals surface area contributed by atoms with E-state index in [-0.39, 0.29) is 31.1 Å². The lowest BCUT2D eigenvalue weighted by atomic mass is 10.0. The lowest BCUT2D eigenvalue weighted by molar-refractivity contribution is -0.167. The van der Waals surface area contributed by atoms with Crippen molar-refractivity contribution in [1.29, 1.82) is 0 Å². The second-order valence-electron chi connectivity index (χ2n) is 21.0. The van der Waals surface area contributed by atoms with E-state index in [1.807, 2.05) is 0 Å². The quantitative estimate of drug-likeness (QED) is 0.0262. The van der Waals surface area contributed by atoms with Gasteiger partial charge < -0.3 is 14.2 Å². The largest absolute Gasteiger partial charge is 0.462 e. The number of hydrogen-bond donors (Lipinski definition) is 0. The summed E-state index contributed by atoms with van der Waals surface area (Å²) in [6.07, 6.45) is 66.8. The molecule has 0 spiro atoms. The Labute approximate surface area is 424 Å². The number of ether oxygens (including phenoxy) is 3. The molecule has 0 amide bonds. The van der Waals surface area contributed by atoms with E-state index >= 15 is 0 Å². The van der Waals surface area contributed by atoms with Crippen molar-refractivity contribution >= 4 is 17.9 Å². The molecular weight excluding hydrogens is 841 g/mol. The number of unbranched alkanes of at least 4 members (excludes halogenated alkanes) is 44. The number of allylic oxidation sites excluding steroid dienone is 2. The average molecular weight is 960 g/mol. The second kappa shape index (κ2) is 57.7. The van der Waals surface area contributed by atoms with Gasteiger partial charge in [-0.3, -0.25) is 14.4 Å². The molecule has 0 aromatic rings. The minimum atomic E-state index is -0.768. The first-order valence-electron chi connectivity index (χ1n) is 30.7. The Kier molecular flexibility index (Phi) is 56.2. The fourth-order valence-corrected chi connectivity index (χ4v) is 9.38. The first-order valence-corrected chi connectivity index (χ1v) is 30.7. The standard InChI is InChI=1S/C62H118O6/c1-4-7-10-13-16-19-21-23-25-26-27-28-29-30-31-32-33-34-35-36-37-38-40-41-43-46-49-52-55-61(64)67-58-59(57-66-60(63)54-51-48-45-18-15-12-9-6-3)68-62(65)56-53-50-47-44-42-39-24-22-20-17-14-11-8-5-2/h22,24,59H,4-21,23,25-58H2,1-3H3/b24-22-. The Morgan fingerprint density at radius 1 is 0.279 bits per heavy atom. The van der Waals surface area contributed by atoms with Crippen LogP contribution in [0.5, 0.6) is 0 Å². The normalized spacial score (nSPS) is 12.0. The summed E-state index contributed by atoms with van der Waals surface area (Å²) in [5.41, 5.74) is 0. The Morgan fingerprint density at radius 2 is 0.485 bits per heavy atom. The summed E-state index contributed by atoms with van der Waals surface area (Å²) in [7, 11) is 0. The van der Waals surface area contributed by atoms with Gasteiger partial charge >= 0.3 is 17.9 Å². The average Bonchev–Trinajstić information content (AvgIpc) is 3.34. The summed E-state index contributed by atoms with van der Waals surface area (Å²) < 4.78 is 16.8. The topological polar surface area (TPSA) is 78.9 Å². The molecule has 0 bridgehead atoms. The number of esters is 3. The van der Waals surface area contributed by atoms with Crippen LogP contribution in [0.1, 0.15) is 348 Å². The smallest absolute Gasteiger partial charge is 0.306 e. The highest BCUT2D eigenvalue weighted by Gasteiger charge is 2.19. The van der Waals surface area contributed by atoms with E-state index in [1.165, 1.54) is 244 Å². The highest BCUT2D eigenvalue weighted by Crippen LogP contribution is 2.18. The zero-order chi connectivity index (χ0) is 49.3. The van der Waals surface area contributed by atoms with Crippen LogP contribution in [0.25, 0.3) is 0 Å². The van der Waals surface area contributed by atoms with Crippen LogP contribution in [0.15, 0.2) is 12.2 Å².